The van der Waals surface area contributed by atoms with Crippen LogP contribution in [0, 0.1) is 0 Å². The van der Waals surface area contributed by atoms with E-state index in [0.717, 1.165) is 62.9 Å². The zero-order valence-electron chi connectivity index (χ0n) is 18.7. The molecule has 1 aromatic carbocycles. The molecule has 2 fully saturated rings. The van der Waals surface area contributed by atoms with Gasteiger partial charge in [-0.1, -0.05) is 12.1 Å². The van der Waals surface area contributed by atoms with E-state index in [-0.39, 0.29) is 0 Å². The summed E-state index contributed by atoms with van der Waals surface area (Å²) < 4.78 is 16.9. The van der Waals surface area contributed by atoms with Crippen LogP contribution in [0.5, 0.6) is 5.88 Å². The second-order valence-corrected chi connectivity index (χ2v) is 7.77. The Morgan fingerprint density at radius 1 is 1.03 bits per heavy atom. The van der Waals surface area contributed by atoms with Gasteiger partial charge in [0, 0.05) is 63.3 Å². The molecular weight excluding hydrogens is 408 g/mol. The molecule has 0 saturated carbocycles. The van der Waals surface area contributed by atoms with E-state index in [9.17, 15) is 0 Å². The second kappa shape index (κ2) is 11.8. The van der Waals surface area contributed by atoms with E-state index in [1.807, 2.05) is 37.4 Å². The number of morpholine rings is 2. The Labute approximate surface area is 189 Å². The zero-order chi connectivity index (χ0) is 22.0. The SMILES string of the molecule is CNc1cccc(CN=Nc2cc(N3CCOCC3)cc(OCCN3CCOCC3)n2)c1. The first-order valence-corrected chi connectivity index (χ1v) is 11.2. The molecule has 1 N–H and O–H groups in total. The van der Waals surface area contributed by atoms with Gasteiger partial charge >= 0.3 is 0 Å². The molecule has 0 spiro atoms. The van der Waals surface area contributed by atoms with Gasteiger partial charge in [0.25, 0.3) is 0 Å². The summed E-state index contributed by atoms with van der Waals surface area (Å²) >= 11 is 0. The van der Waals surface area contributed by atoms with Crippen LogP contribution in [0.15, 0.2) is 46.6 Å². The summed E-state index contributed by atoms with van der Waals surface area (Å²) in [4.78, 5) is 9.20. The van der Waals surface area contributed by atoms with Crippen LogP contribution in [-0.2, 0) is 16.0 Å². The molecule has 32 heavy (non-hydrogen) atoms. The number of aromatic nitrogens is 1. The molecule has 0 unspecified atom stereocenters. The van der Waals surface area contributed by atoms with Crippen LogP contribution in [0.25, 0.3) is 0 Å². The van der Waals surface area contributed by atoms with Crippen molar-refractivity contribution in [3.63, 3.8) is 0 Å². The lowest BCUT2D eigenvalue weighted by Gasteiger charge is -2.29. The third-order valence-electron chi connectivity index (χ3n) is 5.55. The summed E-state index contributed by atoms with van der Waals surface area (Å²) in [6.07, 6.45) is 0. The van der Waals surface area contributed by atoms with Crippen LogP contribution in [0.2, 0.25) is 0 Å². The standard InChI is InChI=1S/C23H32N6O3/c1-24-20-4-2-3-19(15-20)18-25-27-22-16-21(29-8-12-31-13-9-29)17-23(26-22)32-14-7-28-5-10-30-11-6-28/h2-4,15-17,24H,5-14,18H2,1H3. The molecule has 2 aliphatic heterocycles. The zero-order valence-corrected chi connectivity index (χ0v) is 18.7. The number of nitrogens with zero attached hydrogens (tertiary/aromatic N) is 5. The minimum atomic E-state index is 0.492. The molecule has 172 valence electrons. The number of pyridine rings is 1. The topological polar surface area (TPSA) is 83.8 Å². The third-order valence-corrected chi connectivity index (χ3v) is 5.55. The molecule has 0 atom stereocenters. The third kappa shape index (κ3) is 6.62. The number of ether oxygens (including phenoxy) is 3. The number of hydrogen-bond donors (Lipinski definition) is 1. The summed E-state index contributed by atoms with van der Waals surface area (Å²) in [5.41, 5.74) is 3.18. The maximum absolute atomic E-state index is 6.01. The normalized spacial score (nSPS) is 17.6. The molecule has 2 aliphatic rings. The molecule has 0 radical (unpaired) electrons. The molecular formula is C23H32N6O3. The minimum Gasteiger partial charge on any atom is -0.476 e. The molecule has 2 aromatic rings. The lowest BCUT2D eigenvalue weighted by atomic mass is 10.2. The number of hydrogen-bond acceptors (Lipinski definition) is 9. The predicted molar refractivity (Wildman–Crippen MR) is 124 cm³/mol. The van der Waals surface area contributed by atoms with Gasteiger partial charge in [0.15, 0.2) is 5.82 Å². The first-order valence-electron chi connectivity index (χ1n) is 11.2. The smallest absolute Gasteiger partial charge is 0.217 e. The van der Waals surface area contributed by atoms with Crippen LogP contribution in [-0.4, -0.2) is 82.7 Å². The largest absolute Gasteiger partial charge is 0.476 e. The summed E-state index contributed by atoms with van der Waals surface area (Å²) in [5, 5.41) is 11.9. The van der Waals surface area contributed by atoms with Crippen LogP contribution < -0.4 is 15.0 Å². The molecule has 3 heterocycles. The van der Waals surface area contributed by atoms with Gasteiger partial charge in [-0.15, -0.1) is 5.11 Å². The number of azo groups is 1. The maximum atomic E-state index is 6.01. The van der Waals surface area contributed by atoms with Crippen LogP contribution in [0.1, 0.15) is 5.56 Å². The van der Waals surface area contributed by atoms with Crippen molar-refractivity contribution in [3.05, 3.63) is 42.0 Å². The second-order valence-electron chi connectivity index (χ2n) is 7.77. The summed E-state index contributed by atoms with van der Waals surface area (Å²) in [7, 11) is 1.91. The van der Waals surface area contributed by atoms with Gasteiger partial charge in [-0.2, -0.15) is 10.1 Å². The van der Waals surface area contributed by atoms with Crippen LogP contribution in [0.3, 0.4) is 0 Å². The van der Waals surface area contributed by atoms with E-state index in [2.05, 4.69) is 36.4 Å². The predicted octanol–water partition coefficient (Wildman–Crippen LogP) is 2.95. The van der Waals surface area contributed by atoms with E-state index in [1.54, 1.807) is 0 Å². The van der Waals surface area contributed by atoms with Crippen molar-refractivity contribution >= 4 is 17.2 Å². The van der Waals surface area contributed by atoms with Gasteiger partial charge in [-0.05, 0) is 17.7 Å². The lowest BCUT2D eigenvalue weighted by molar-refractivity contribution is 0.0320. The van der Waals surface area contributed by atoms with Crippen molar-refractivity contribution in [1.82, 2.24) is 9.88 Å². The number of anilines is 2. The maximum Gasteiger partial charge on any atom is 0.217 e. The Morgan fingerprint density at radius 2 is 1.81 bits per heavy atom. The summed E-state index contributed by atoms with van der Waals surface area (Å²) in [5.74, 6) is 1.13. The van der Waals surface area contributed by atoms with Gasteiger partial charge in [0.1, 0.15) is 6.61 Å². The quantitative estimate of drug-likeness (QED) is 0.600. The number of benzene rings is 1. The Morgan fingerprint density at radius 3 is 2.59 bits per heavy atom. The van der Waals surface area contributed by atoms with E-state index in [1.165, 1.54) is 0 Å². The minimum absolute atomic E-state index is 0.492. The van der Waals surface area contributed by atoms with Crippen molar-refractivity contribution in [3.8, 4) is 5.88 Å². The van der Waals surface area contributed by atoms with Crippen molar-refractivity contribution in [2.75, 3.05) is 83.0 Å². The fourth-order valence-corrected chi connectivity index (χ4v) is 3.73. The van der Waals surface area contributed by atoms with Crippen molar-refractivity contribution < 1.29 is 14.2 Å². The van der Waals surface area contributed by atoms with Gasteiger partial charge in [-0.3, -0.25) is 4.90 Å². The van der Waals surface area contributed by atoms with E-state index < -0.39 is 0 Å². The Hall–Kier alpha value is -2.75. The van der Waals surface area contributed by atoms with Gasteiger partial charge in [0.05, 0.1) is 33.0 Å². The van der Waals surface area contributed by atoms with E-state index in [4.69, 9.17) is 14.2 Å². The highest BCUT2D eigenvalue weighted by atomic mass is 16.5. The lowest BCUT2D eigenvalue weighted by Crippen LogP contribution is -2.38. The average molecular weight is 441 g/mol. The Balaban J connectivity index is 1.43. The first kappa shape index (κ1) is 22.4. The fourth-order valence-electron chi connectivity index (χ4n) is 3.73. The molecule has 1 aromatic heterocycles. The van der Waals surface area contributed by atoms with Gasteiger partial charge < -0.3 is 24.4 Å². The molecule has 0 amide bonds. The van der Waals surface area contributed by atoms with Crippen molar-refractivity contribution in [2.24, 2.45) is 10.2 Å². The highest BCUT2D eigenvalue weighted by molar-refractivity contribution is 5.55. The van der Waals surface area contributed by atoms with Gasteiger partial charge in [0.2, 0.25) is 5.88 Å². The molecule has 9 heteroatoms. The summed E-state index contributed by atoms with van der Waals surface area (Å²) in [6, 6.07) is 12.1. The number of rotatable bonds is 9. The highest BCUT2D eigenvalue weighted by Gasteiger charge is 2.15. The monoisotopic (exact) mass is 440 g/mol. The Bertz CT molecular complexity index is 882. The van der Waals surface area contributed by atoms with E-state index >= 15 is 0 Å². The summed E-state index contributed by atoms with van der Waals surface area (Å²) in [6.45, 7) is 8.49. The molecule has 2 saturated heterocycles. The molecule has 0 bridgehead atoms. The van der Waals surface area contributed by atoms with Crippen LogP contribution >= 0.6 is 0 Å². The first-order chi connectivity index (χ1) is 15.8. The Kier molecular flexibility index (Phi) is 8.24. The van der Waals surface area contributed by atoms with Crippen molar-refractivity contribution in [2.45, 2.75) is 6.54 Å². The average Bonchev–Trinajstić information content (AvgIpc) is 2.85. The molecule has 0 aliphatic carbocycles. The number of nitrogens with one attached hydrogen (secondary N) is 1. The highest BCUT2D eigenvalue weighted by Crippen LogP contribution is 2.26. The van der Waals surface area contributed by atoms with Crippen LogP contribution in [0.4, 0.5) is 17.2 Å². The van der Waals surface area contributed by atoms with E-state index in [0.29, 0.717) is 38.1 Å². The molecule has 9 nitrogen and oxygen atoms in total. The fraction of sp³-hybridized carbons (Fsp3) is 0.522. The van der Waals surface area contributed by atoms with Crippen molar-refractivity contribution in [1.29, 1.82) is 0 Å². The van der Waals surface area contributed by atoms with Gasteiger partial charge in [-0.25, -0.2) is 0 Å². The molecule has 4 rings (SSSR count).